The maximum absolute atomic E-state index is 13.6. The number of hydrogen-bond donors (Lipinski definition) is 3. The average molecular weight is 736 g/mol. The number of aliphatic hydroxyl groups is 1. The number of sulfonamides is 1. The van der Waals surface area contributed by atoms with Gasteiger partial charge in [0.05, 0.1) is 29.7 Å². The lowest BCUT2D eigenvalue weighted by molar-refractivity contribution is 0.00788. The van der Waals surface area contributed by atoms with Gasteiger partial charge in [0.2, 0.25) is 10.0 Å². The van der Waals surface area contributed by atoms with Crippen LogP contribution in [0.15, 0.2) is 66.7 Å². The van der Waals surface area contributed by atoms with Gasteiger partial charge in [-0.3, -0.25) is 9.59 Å². The first-order valence-electron chi connectivity index (χ1n) is 18.3. The highest BCUT2D eigenvalue weighted by Gasteiger charge is 2.50. The van der Waals surface area contributed by atoms with E-state index in [1.807, 2.05) is 24.3 Å². The van der Waals surface area contributed by atoms with Gasteiger partial charge in [0.15, 0.2) is 0 Å². The zero-order valence-electron chi connectivity index (χ0n) is 29.8. The predicted octanol–water partition coefficient (Wildman–Crippen LogP) is 6.66. The maximum atomic E-state index is 13.6. The van der Waals surface area contributed by atoms with Crippen LogP contribution >= 0.6 is 11.6 Å². The highest BCUT2D eigenvalue weighted by atomic mass is 35.5. The lowest BCUT2D eigenvalue weighted by atomic mass is 9.61. The fourth-order valence-electron chi connectivity index (χ4n) is 8.32. The van der Waals surface area contributed by atoms with E-state index in [9.17, 15) is 23.1 Å². The Kier molecular flexibility index (Phi) is 11.1. The fraction of sp³-hybridized carbons (Fsp3) is 0.500. The third-order valence-corrected chi connectivity index (χ3v) is 13.3. The summed E-state index contributed by atoms with van der Waals surface area (Å²) in [5.74, 6) is -0.107. The van der Waals surface area contributed by atoms with Crippen LogP contribution in [0.25, 0.3) is 0 Å². The number of unbranched alkanes of at least 4 members (excludes halogenated alkanes) is 1. The minimum absolute atomic E-state index is 0.0189. The topological polar surface area (TPSA) is 125 Å². The number of carbonyl (C=O) groups is 2. The van der Waals surface area contributed by atoms with E-state index in [0.717, 1.165) is 50.6 Å². The number of anilines is 1. The normalized spacial score (nSPS) is 22.5. The van der Waals surface area contributed by atoms with E-state index in [1.165, 1.54) is 25.0 Å². The molecule has 0 bridgehead atoms. The Morgan fingerprint density at radius 3 is 2.53 bits per heavy atom. The molecule has 1 saturated carbocycles. The van der Waals surface area contributed by atoms with E-state index in [0.29, 0.717) is 42.5 Å². The van der Waals surface area contributed by atoms with Gasteiger partial charge in [-0.05, 0) is 118 Å². The molecule has 2 aliphatic carbocycles. The standard InChI is InChI=1S/C40H50ClN3O6S/c1-4-5-20-40(25-45,42-37(46)28-10-7-6-8-11-28)34-16-13-31(34)23-44-24-39(19-9-12-29-21-32(41)15-17-33(29)39)26-50-36-18-14-30(22-35(36)44)38(47)43-51(48,49)27(2)3/h6-8,10-11,14-15,17-18,21-22,27,31,34,45H,4-5,9,12-13,16,19-20,23-26H2,1-3H3,(H,42,46)(H,43,47)/t31-,34+,39-,40-/m0/s1. The Labute approximate surface area is 307 Å². The van der Waals surface area contributed by atoms with Gasteiger partial charge in [0, 0.05) is 34.7 Å². The first-order chi connectivity index (χ1) is 24.4. The smallest absolute Gasteiger partial charge is 0.264 e. The van der Waals surface area contributed by atoms with Crippen molar-refractivity contribution >= 4 is 39.1 Å². The van der Waals surface area contributed by atoms with Crippen LogP contribution in [0.3, 0.4) is 0 Å². The van der Waals surface area contributed by atoms with Crippen molar-refractivity contribution in [2.75, 3.05) is 31.2 Å². The summed E-state index contributed by atoms with van der Waals surface area (Å²) >= 11 is 6.46. The van der Waals surface area contributed by atoms with Gasteiger partial charge < -0.3 is 20.1 Å². The lowest BCUT2D eigenvalue weighted by Gasteiger charge is -2.52. The molecule has 0 saturated heterocycles. The van der Waals surface area contributed by atoms with Gasteiger partial charge in [-0.15, -0.1) is 0 Å². The minimum atomic E-state index is -3.84. The molecule has 3 N–H and O–H groups in total. The van der Waals surface area contributed by atoms with Crippen molar-refractivity contribution in [3.63, 3.8) is 0 Å². The number of nitrogens with zero attached hydrogens (tertiary/aromatic N) is 1. The van der Waals surface area contributed by atoms with Crippen molar-refractivity contribution in [1.82, 2.24) is 10.0 Å². The van der Waals surface area contributed by atoms with Crippen LogP contribution in [0.1, 0.15) is 97.6 Å². The van der Waals surface area contributed by atoms with Gasteiger partial charge in [-0.2, -0.15) is 0 Å². The summed E-state index contributed by atoms with van der Waals surface area (Å²) in [6, 6.07) is 20.4. The van der Waals surface area contributed by atoms with Crippen molar-refractivity contribution in [3.8, 4) is 5.75 Å². The number of aryl methyl sites for hydroxylation is 1. The number of rotatable bonds is 12. The Morgan fingerprint density at radius 1 is 1.06 bits per heavy atom. The zero-order chi connectivity index (χ0) is 36.4. The first-order valence-corrected chi connectivity index (χ1v) is 20.2. The summed E-state index contributed by atoms with van der Waals surface area (Å²) in [7, 11) is -3.84. The van der Waals surface area contributed by atoms with E-state index in [4.69, 9.17) is 16.3 Å². The molecule has 1 aliphatic heterocycles. The van der Waals surface area contributed by atoms with E-state index >= 15 is 0 Å². The number of nitrogens with one attached hydrogen (secondary N) is 2. The number of aliphatic hydroxyl groups excluding tert-OH is 1. The molecule has 11 heteroatoms. The molecule has 1 spiro atoms. The van der Waals surface area contributed by atoms with Crippen molar-refractivity contribution in [1.29, 1.82) is 0 Å². The summed E-state index contributed by atoms with van der Waals surface area (Å²) < 4.78 is 34.1. The first kappa shape index (κ1) is 37.2. The molecule has 0 aromatic heterocycles. The number of carbonyl (C=O) groups excluding carboxylic acids is 2. The monoisotopic (exact) mass is 735 g/mol. The van der Waals surface area contributed by atoms with E-state index in [-0.39, 0.29) is 35.3 Å². The van der Waals surface area contributed by atoms with E-state index in [1.54, 1.807) is 30.3 Å². The van der Waals surface area contributed by atoms with Crippen LogP contribution in [-0.2, 0) is 21.9 Å². The summed E-state index contributed by atoms with van der Waals surface area (Å²) in [5.41, 5.74) is 2.80. The van der Waals surface area contributed by atoms with Crippen LogP contribution in [-0.4, -0.2) is 62.4 Å². The molecule has 3 aliphatic rings. The molecule has 2 amide bonds. The number of halogens is 1. The molecule has 0 radical (unpaired) electrons. The quantitative estimate of drug-likeness (QED) is 0.190. The maximum Gasteiger partial charge on any atom is 0.264 e. The molecular weight excluding hydrogens is 686 g/mol. The summed E-state index contributed by atoms with van der Waals surface area (Å²) in [5, 5.41) is 14.3. The summed E-state index contributed by atoms with van der Waals surface area (Å²) in [6.45, 7) is 6.67. The number of amides is 2. The third-order valence-electron chi connectivity index (χ3n) is 11.4. The van der Waals surface area contributed by atoms with Gasteiger partial charge in [-0.25, -0.2) is 13.1 Å². The second-order valence-electron chi connectivity index (χ2n) is 15.0. The SMILES string of the molecule is CCCC[C@@](CO)(NC(=O)c1ccccc1)[C@@H]1CC[C@H]1CN1C[C@@]2(CCCc3cc(Cl)ccc32)COc2ccc(C(=O)NS(=O)(=O)C(C)C)cc21. The van der Waals surface area contributed by atoms with Gasteiger partial charge in [0.1, 0.15) is 5.75 Å². The van der Waals surface area contributed by atoms with Gasteiger partial charge in [0.25, 0.3) is 11.8 Å². The minimum Gasteiger partial charge on any atom is -0.490 e. The van der Waals surface area contributed by atoms with Crippen molar-refractivity contribution in [2.45, 2.75) is 88.3 Å². The molecule has 6 rings (SSSR count). The summed E-state index contributed by atoms with van der Waals surface area (Å²) in [4.78, 5) is 29.2. The molecule has 274 valence electrons. The van der Waals surface area contributed by atoms with Crippen molar-refractivity contribution < 1.29 is 27.9 Å². The zero-order valence-corrected chi connectivity index (χ0v) is 31.4. The second kappa shape index (κ2) is 15.2. The molecule has 4 atom stereocenters. The Bertz CT molecular complexity index is 1850. The van der Waals surface area contributed by atoms with E-state index < -0.39 is 26.7 Å². The Morgan fingerprint density at radius 2 is 1.84 bits per heavy atom. The number of hydrogen-bond acceptors (Lipinski definition) is 7. The third kappa shape index (κ3) is 7.64. The molecule has 9 nitrogen and oxygen atoms in total. The largest absolute Gasteiger partial charge is 0.490 e. The number of fused-ring (bicyclic) bond motifs is 3. The van der Waals surface area contributed by atoms with Gasteiger partial charge >= 0.3 is 0 Å². The van der Waals surface area contributed by atoms with E-state index in [2.05, 4.69) is 34.0 Å². The molecule has 51 heavy (non-hydrogen) atoms. The van der Waals surface area contributed by atoms with Crippen LogP contribution in [0.2, 0.25) is 5.02 Å². The highest BCUT2D eigenvalue weighted by molar-refractivity contribution is 7.90. The molecule has 1 fully saturated rings. The predicted molar refractivity (Wildman–Crippen MR) is 201 cm³/mol. The van der Waals surface area contributed by atoms with Crippen LogP contribution in [0.4, 0.5) is 5.69 Å². The lowest BCUT2D eigenvalue weighted by Crippen LogP contribution is -2.62. The summed E-state index contributed by atoms with van der Waals surface area (Å²) in [6.07, 6.45) is 7.05. The number of benzene rings is 3. The molecule has 1 heterocycles. The van der Waals surface area contributed by atoms with Crippen LogP contribution < -0.4 is 19.7 Å². The average Bonchev–Trinajstić information content (AvgIpc) is 3.25. The Hall–Kier alpha value is -3.60. The second-order valence-corrected chi connectivity index (χ2v) is 17.7. The van der Waals surface area contributed by atoms with Crippen molar-refractivity contribution in [2.24, 2.45) is 11.8 Å². The van der Waals surface area contributed by atoms with Crippen molar-refractivity contribution in [3.05, 3.63) is 94.0 Å². The van der Waals surface area contributed by atoms with Crippen LogP contribution in [0.5, 0.6) is 5.75 Å². The van der Waals surface area contributed by atoms with Gasteiger partial charge in [-0.1, -0.05) is 55.6 Å². The highest BCUT2D eigenvalue weighted by Crippen LogP contribution is 2.49. The molecule has 0 unspecified atom stereocenters. The number of ether oxygens (including phenoxy) is 1. The van der Waals surface area contributed by atoms with Crippen LogP contribution in [0, 0.1) is 11.8 Å². The molecule has 3 aromatic rings. The molecular formula is C40H50ClN3O6S. The molecule has 3 aromatic carbocycles. The Balaban J connectivity index is 1.37. The fourth-order valence-corrected chi connectivity index (χ4v) is 9.12.